The summed E-state index contributed by atoms with van der Waals surface area (Å²) < 4.78 is 16.3. The van der Waals surface area contributed by atoms with E-state index in [1.807, 2.05) is 13.0 Å². The molecular formula is C20H25N5O4. The Hall–Kier alpha value is -2.62. The summed E-state index contributed by atoms with van der Waals surface area (Å²) >= 11 is 0. The van der Waals surface area contributed by atoms with Gasteiger partial charge in [-0.2, -0.15) is 4.80 Å². The van der Waals surface area contributed by atoms with Crippen molar-refractivity contribution < 1.29 is 13.9 Å². The molecular weight excluding hydrogens is 374 g/mol. The van der Waals surface area contributed by atoms with E-state index in [9.17, 15) is 4.79 Å². The third-order valence-corrected chi connectivity index (χ3v) is 5.24. The third kappa shape index (κ3) is 4.36. The summed E-state index contributed by atoms with van der Waals surface area (Å²) in [5, 5.41) is 13.5. The second-order valence-corrected chi connectivity index (χ2v) is 7.35. The Morgan fingerprint density at radius 2 is 2.07 bits per heavy atom. The Bertz CT molecular complexity index is 1060. The van der Waals surface area contributed by atoms with E-state index < -0.39 is 0 Å². The molecule has 154 valence electrons. The maximum absolute atomic E-state index is 12.1. The number of methoxy groups -OCH3 is 1. The highest BCUT2D eigenvalue weighted by Crippen LogP contribution is 2.25. The van der Waals surface area contributed by atoms with E-state index in [0.717, 1.165) is 23.1 Å². The summed E-state index contributed by atoms with van der Waals surface area (Å²) in [4.78, 5) is 15.8. The second kappa shape index (κ2) is 8.40. The Labute approximate surface area is 168 Å². The number of nitrogens with zero attached hydrogens (tertiary/aromatic N) is 5. The highest BCUT2D eigenvalue weighted by atomic mass is 16.5. The maximum atomic E-state index is 12.1. The predicted molar refractivity (Wildman–Crippen MR) is 106 cm³/mol. The smallest absolute Gasteiger partial charge is 0.336 e. The van der Waals surface area contributed by atoms with E-state index in [2.05, 4.69) is 33.3 Å². The van der Waals surface area contributed by atoms with Crippen LogP contribution in [0.1, 0.15) is 28.6 Å². The molecule has 0 saturated carbocycles. The average Bonchev–Trinajstić information content (AvgIpc) is 3.17. The van der Waals surface area contributed by atoms with E-state index in [0.29, 0.717) is 44.3 Å². The van der Waals surface area contributed by atoms with Crippen LogP contribution in [0, 0.1) is 13.8 Å². The van der Waals surface area contributed by atoms with Crippen LogP contribution in [0.5, 0.6) is 0 Å². The number of benzene rings is 1. The van der Waals surface area contributed by atoms with Crippen LogP contribution in [-0.2, 0) is 22.6 Å². The maximum Gasteiger partial charge on any atom is 0.336 e. The minimum atomic E-state index is -0.330. The topological polar surface area (TPSA) is 95.5 Å². The minimum absolute atomic E-state index is 0.254. The molecule has 0 radical (unpaired) electrons. The van der Waals surface area contributed by atoms with Crippen LogP contribution in [-0.4, -0.2) is 58.5 Å². The van der Waals surface area contributed by atoms with Gasteiger partial charge >= 0.3 is 5.63 Å². The molecule has 29 heavy (non-hydrogen) atoms. The zero-order chi connectivity index (χ0) is 20.4. The molecule has 1 fully saturated rings. The predicted octanol–water partition coefficient (Wildman–Crippen LogP) is 1.62. The van der Waals surface area contributed by atoms with Gasteiger partial charge in [0.2, 0.25) is 5.82 Å². The van der Waals surface area contributed by atoms with Gasteiger partial charge in [-0.05, 0) is 47.9 Å². The Morgan fingerprint density at radius 1 is 1.24 bits per heavy atom. The van der Waals surface area contributed by atoms with Crippen LogP contribution in [0.15, 0.2) is 27.4 Å². The lowest BCUT2D eigenvalue weighted by Crippen LogP contribution is -2.38. The van der Waals surface area contributed by atoms with Crippen molar-refractivity contribution in [1.82, 2.24) is 25.1 Å². The summed E-state index contributed by atoms with van der Waals surface area (Å²) in [7, 11) is 1.64. The number of morpholine rings is 1. The molecule has 1 aliphatic heterocycles. The summed E-state index contributed by atoms with van der Waals surface area (Å²) in [5.41, 5.74) is 3.53. The van der Waals surface area contributed by atoms with Crippen molar-refractivity contribution in [2.75, 3.05) is 33.4 Å². The minimum Gasteiger partial charge on any atom is -0.423 e. The van der Waals surface area contributed by atoms with E-state index in [4.69, 9.17) is 13.9 Å². The van der Waals surface area contributed by atoms with Gasteiger partial charge in [-0.25, -0.2) is 4.79 Å². The first-order valence-electron chi connectivity index (χ1n) is 9.68. The molecule has 0 aliphatic carbocycles. The summed E-state index contributed by atoms with van der Waals surface area (Å²) in [5.74, 6) is 0.565. The summed E-state index contributed by atoms with van der Waals surface area (Å²) in [6.07, 6.45) is -0.254. The molecule has 0 N–H and O–H groups in total. The molecule has 1 unspecified atom stereocenters. The first-order valence-corrected chi connectivity index (χ1v) is 9.68. The number of rotatable bonds is 6. The van der Waals surface area contributed by atoms with E-state index in [-0.39, 0.29) is 11.7 Å². The first kappa shape index (κ1) is 19.7. The number of hydrogen-bond acceptors (Lipinski definition) is 8. The fourth-order valence-corrected chi connectivity index (χ4v) is 3.51. The monoisotopic (exact) mass is 399 g/mol. The summed E-state index contributed by atoms with van der Waals surface area (Å²) in [6, 6.07) is 5.60. The zero-order valence-electron chi connectivity index (χ0n) is 16.9. The molecule has 0 bridgehead atoms. The fourth-order valence-electron chi connectivity index (χ4n) is 3.51. The molecule has 2 aromatic heterocycles. The van der Waals surface area contributed by atoms with E-state index in [1.54, 1.807) is 13.2 Å². The second-order valence-electron chi connectivity index (χ2n) is 7.35. The van der Waals surface area contributed by atoms with Crippen LogP contribution >= 0.6 is 0 Å². The normalized spacial score (nSPS) is 17.8. The van der Waals surface area contributed by atoms with E-state index >= 15 is 0 Å². The van der Waals surface area contributed by atoms with Gasteiger partial charge < -0.3 is 13.9 Å². The van der Waals surface area contributed by atoms with Gasteiger partial charge in [-0.15, -0.1) is 10.2 Å². The number of hydrogen-bond donors (Lipinski definition) is 0. The molecule has 1 atom stereocenters. The van der Waals surface area contributed by atoms with Crippen LogP contribution in [0.25, 0.3) is 11.0 Å². The first-order chi connectivity index (χ1) is 14.0. The number of tetrazole rings is 1. The van der Waals surface area contributed by atoms with Crippen LogP contribution < -0.4 is 5.63 Å². The summed E-state index contributed by atoms with van der Waals surface area (Å²) in [6.45, 7) is 7.73. The molecule has 1 aromatic carbocycles. The Kier molecular flexibility index (Phi) is 5.70. The van der Waals surface area contributed by atoms with Gasteiger partial charge in [0, 0.05) is 38.2 Å². The van der Waals surface area contributed by atoms with E-state index in [1.165, 1.54) is 10.4 Å². The van der Waals surface area contributed by atoms with Gasteiger partial charge in [0.1, 0.15) is 11.7 Å². The van der Waals surface area contributed by atoms with Crippen molar-refractivity contribution in [1.29, 1.82) is 0 Å². The van der Waals surface area contributed by atoms with Crippen LogP contribution in [0.3, 0.4) is 0 Å². The molecule has 0 amide bonds. The van der Waals surface area contributed by atoms with Crippen molar-refractivity contribution in [3.05, 3.63) is 51.1 Å². The highest BCUT2D eigenvalue weighted by Gasteiger charge is 2.26. The van der Waals surface area contributed by atoms with Crippen molar-refractivity contribution in [2.45, 2.75) is 33.0 Å². The van der Waals surface area contributed by atoms with Crippen LogP contribution in [0.2, 0.25) is 0 Å². The van der Waals surface area contributed by atoms with Crippen molar-refractivity contribution in [3.8, 4) is 0 Å². The number of aryl methyl sites for hydroxylation is 2. The van der Waals surface area contributed by atoms with Crippen molar-refractivity contribution in [2.24, 2.45) is 0 Å². The quantitative estimate of drug-likeness (QED) is 0.577. The molecule has 3 heterocycles. The lowest BCUT2D eigenvalue weighted by atomic mass is 10.0. The SMILES string of the molecule is COCCn1nnc(C2CN(Cc3cc(=O)oc4cc(C)c(C)cc34)CCO2)n1. The third-order valence-electron chi connectivity index (χ3n) is 5.24. The van der Waals surface area contributed by atoms with Crippen LogP contribution in [0.4, 0.5) is 0 Å². The van der Waals surface area contributed by atoms with Crippen molar-refractivity contribution >= 4 is 11.0 Å². The standard InChI is InChI=1S/C20H25N5O4/c1-13-8-16-15(10-19(26)29-17(16)9-14(13)2)11-24-4-7-28-18(12-24)20-21-23-25(22-20)5-6-27-3/h8-10,18H,4-7,11-12H2,1-3H3. The van der Waals surface area contributed by atoms with Gasteiger partial charge in [0.05, 0.1) is 19.8 Å². The molecule has 4 rings (SSSR count). The molecule has 1 saturated heterocycles. The van der Waals surface area contributed by atoms with Gasteiger partial charge in [0.15, 0.2) is 0 Å². The molecule has 9 nitrogen and oxygen atoms in total. The number of fused-ring (bicyclic) bond motifs is 1. The lowest BCUT2D eigenvalue weighted by Gasteiger charge is -2.31. The lowest BCUT2D eigenvalue weighted by molar-refractivity contribution is -0.0373. The van der Waals surface area contributed by atoms with Gasteiger partial charge in [-0.3, -0.25) is 4.90 Å². The number of aromatic nitrogens is 4. The largest absolute Gasteiger partial charge is 0.423 e. The molecule has 1 aliphatic rings. The Morgan fingerprint density at radius 3 is 2.90 bits per heavy atom. The molecule has 0 spiro atoms. The van der Waals surface area contributed by atoms with Gasteiger partial charge in [0.25, 0.3) is 0 Å². The number of ether oxygens (including phenoxy) is 2. The average molecular weight is 399 g/mol. The Balaban J connectivity index is 1.53. The highest BCUT2D eigenvalue weighted by molar-refractivity contribution is 5.81. The molecule has 9 heteroatoms. The van der Waals surface area contributed by atoms with Gasteiger partial charge in [-0.1, -0.05) is 0 Å². The van der Waals surface area contributed by atoms with Crippen molar-refractivity contribution in [3.63, 3.8) is 0 Å². The fraction of sp³-hybridized carbons (Fsp3) is 0.500. The molecule has 3 aromatic rings. The zero-order valence-corrected chi connectivity index (χ0v) is 16.9.